The molecule has 0 spiro atoms. The number of fused-ring (bicyclic) bond motifs is 1. The molecule has 0 aliphatic rings. The fraction of sp³-hybridized carbons (Fsp3) is 0.0455. The van der Waals surface area contributed by atoms with Crippen LogP contribution in [0.3, 0.4) is 0 Å². The van der Waals surface area contributed by atoms with E-state index in [1.54, 1.807) is 49.6 Å². The summed E-state index contributed by atoms with van der Waals surface area (Å²) in [5, 5.41) is 6.43. The number of ether oxygens (including phenoxy) is 1. The van der Waals surface area contributed by atoms with E-state index in [1.807, 2.05) is 24.3 Å². The Kier molecular flexibility index (Phi) is 5.65. The van der Waals surface area contributed by atoms with Crippen molar-refractivity contribution in [1.29, 1.82) is 0 Å². The predicted molar refractivity (Wildman–Crippen MR) is 121 cm³/mol. The molecule has 0 fully saturated rings. The molecule has 30 heavy (non-hydrogen) atoms. The van der Waals surface area contributed by atoms with Crippen molar-refractivity contribution in [3.05, 3.63) is 77.3 Å². The van der Waals surface area contributed by atoms with E-state index in [1.165, 1.54) is 0 Å². The van der Waals surface area contributed by atoms with Crippen LogP contribution in [-0.2, 0) is 0 Å². The second-order valence-corrected chi connectivity index (χ2v) is 7.19. The molecule has 6 nitrogen and oxygen atoms in total. The number of thiocarbonyl (C=S) groups is 1. The highest BCUT2D eigenvalue weighted by Gasteiger charge is 2.10. The van der Waals surface area contributed by atoms with Gasteiger partial charge in [-0.25, -0.2) is 4.98 Å². The lowest BCUT2D eigenvalue weighted by Gasteiger charge is -2.10. The molecule has 8 heteroatoms. The average molecular weight is 438 g/mol. The second kappa shape index (κ2) is 8.52. The van der Waals surface area contributed by atoms with Crippen LogP contribution >= 0.6 is 23.8 Å². The molecule has 1 heterocycles. The van der Waals surface area contributed by atoms with Gasteiger partial charge in [0, 0.05) is 21.8 Å². The fourth-order valence-electron chi connectivity index (χ4n) is 2.80. The Morgan fingerprint density at radius 1 is 1.07 bits per heavy atom. The van der Waals surface area contributed by atoms with Crippen molar-refractivity contribution < 1.29 is 13.9 Å². The highest BCUT2D eigenvalue weighted by Crippen LogP contribution is 2.27. The van der Waals surface area contributed by atoms with Gasteiger partial charge in [0.2, 0.25) is 5.89 Å². The maximum atomic E-state index is 12.3. The number of halogens is 1. The van der Waals surface area contributed by atoms with Crippen molar-refractivity contribution in [2.24, 2.45) is 0 Å². The number of nitrogens with one attached hydrogen (secondary N) is 2. The van der Waals surface area contributed by atoms with Crippen LogP contribution in [0.2, 0.25) is 5.02 Å². The lowest BCUT2D eigenvalue weighted by atomic mass is 10.2. The molecule has 1 aromatic heterocycles. The average Bonchev–Trinajstić information content (AvgIpc) is 3.17. The van der Waals surface area contributed by atoms with Crippen molar-refractivity contribution in [2.75, 3.05) is 12.4 Å². The van der Waals surface area contributed by atoms with Crippen molar-refractivity contribution in [3.8, 4) is 17.2 Å². The summed E-state index contributed by atoms with van der Waals surface area (Å²) < 4.78 is 10.9. The van der Waals surface area contributed by atoms with Gasteiger partial charge in [0.15, 0.2) is 10.7 Å². The fourth-order valence-corrected chi connectivity index (χ4v) is 3.18. The first kappa shape index (κ1) is 19.9. The molecule has 0 saturated carbocycles. The smallest absolute Gasteiger partial charge is 0.257 e. The van der Waals surface area contributed by atoms with E-state index in [9.17, 15) is 4.79 Å². The molecule has 2 N–H and O–H groups in total. The number of carbonyl (C=O) groups is 1. The monoisotopic (exact) mass is 437 g/mol. The SMILES string of the molecule is COc1ccc(C(=O)NC(=S)Nc2ccc(-c3nc4cc(Cl)ccc4o3)cc2)cc1. The maximum absolute atomic E-state index is 12.3. The number of methoxy groups -OCH3 is 1. The number of rotatable bonds is 4. The topological polar surface area (TPSA) is 76.4 Å². The summed E-state index contributed by atoms with van der Waals surface area (Å²) in [5.74, 6) is 0.862. The van der Waals surface area contributed by atoms with E-state index < -0.39 is 0 Å². The lowest BCUT2D eigenvalue weighted by molar-refractivity contribution is 0.0977. The minimum absolute atomic E-state index is 0.195. The Balaban J connectivity index is 1.40. The van der Waals surface area contributed by atoms with Gasteiger partial charge < -0.3 is 14.5 Å². The van der Waals surface area contributed by atoms with Gasteiger partial charge in [-0.2, -0.15) is 0 Å². The van der Waals surface area contributed by atoms with Crippen molar-refractivity contribution >= 4 is 51.6 Å². The highest BCUT2D eigenvalue weighted by atomic mass is 35.5. The molecular weight excluding hydrogens is 422 g/mol. The van der Waals surface area contributed by atoms with E-state index >= 15 is 0 Å². The molecule has 0 atom stereocenters. The predicted octanol–water partition coefficient (Wildman–Crippen LogP) is 5.28. The highest BCUT2D eigenvalue weighted by molar-refractivity contribution is 7.80. The van der Waals surface area contributed by atoms with Crippen LogP contribution in [0.25, 0.3) is 22.6 Å². The number of oxazole rings is 1. The van der Waals surface area contributed by atoms with Crippen molar-refractivity contribution in [2.45, 2.75) is 0 Å². The Hall–Kier alpha value is -3.42. The molecule has 1 amide bonds. The zero-order valence-corrected chi connectivity index (χ0v) is 17.4. The summed E-state index contributed by atoms with van der Waals surface area (Å²) >= 11 is 11.2. The maximum Gasteiger partial charge on any atom is 0.257 e. The van der Waals surface area contributed by atoms with Gasteiger partial charge in [-0.3, -0.25) is 10.1 Å². The summed E-state index contributed by atoms with van der Waals surface area (Å²) in [5.41, 5.74) is 3.37. The lowest BCUT2D eigenvalue weighted by Crippen LogP contribution is -2.34. The Labute approximate surface area is 182 Å². The van der Waals surface area contributed by atoms with Gasteiger partial charge in [0.05, 0.1) is 7.11 Å². The van der Waals surface area contributed by atoms with Crippen LogP contribution in [0.5, 0.6) is 5.75 Å². The zero-order chi connectivity index (χ0) is 21.1. The van der Waals surface area contributed by atoms with Crippen molar-refractivity contribution in [1.82, 2.24) is 10.3 Å². The minimum atomic E-state index is -0.308. The first-order valence-corrected chi connectivity index (χ1v) is 9.73. The van der Waals surface area contributed by atoms with Gasteiger partial charge in [-0.15, -0.1) is 0 Å². The Bertz CT molecular complexity index is 1220. The number of anilines is 1. The van der Waals surface area contributed by atoms with Gasteiger partial charge in [0.25, 0.3) is 5.91 Å². The van der Waals surface area contributed by atoms with E-state index in [0.717, 1.165) is 11.3 Å². The molecule has 0 bridgehead atoms. The van der Waals surface area contributed by atoms with Gasteiger partial charge in [-0.1, -0.05) is 11.6 Å². The molecule has 0 aliphatic heterocycles. The van der Waals surface area contributed by atoms with Gasteiger partial charge >= 0.3 is 0 Å². The number of aromatic nitrogens is 1. The third-order valence-electron chi connectivity index (χ3n) is 4.32. The van der Waals surface area contributed by atoms with E-state index in [0.29, 0.717) is 33.3 Å². The zero-order valence-electron chi connectivity index (χ0n) is 15.8. The van der Waals surface area contributed by atoms with E-state index in [-0.39, 0.29) is 11.0 Å². The van der Waals surface area contributed by atoms with Crippen molar-refractivity contribution in [3.63, 3.8) is 0 Å². The quantitative estimate of drug-likeness (QED) is 0.423. The molecule has 0 aliphatic carbocycles. The Morgan fingerprint density at radius 3 is 2.50 bits per heavy atom. The number of benzene rings is 3. The van der Waals surface area contributed by atoms with Crippen LogP contribution in [-0.4, -0.2) is 23.1 Å². The second-order valence-electron chi connectivity index (χ2n) is 6.35. The third kappa shape index (κ3) is 4.42. The number of amides is 1. The number of carbonyl (C=O) groups excluding carboxylic acids is 1. The summed E-state index contributed by atoms with van der Waals surface area (Å²) in [6, 6.07) is 19.4. The Morgan fingerprint density at radius 2 is 1.80 bits per heavy atom. The first-order chi connectivity index (χ1) is 14.5. The van der Waals surface area contributed by atoms with Gasteiger partial charge in [-0.05, 0) is 78.9 Å². The summed E-state index contributed by atoms with van der Waals surface area (Å²) in [6.45, 7) is 0. The van der Waals surface area contributed by atoms with Crippen LogP contribution in [0.1, 0.15) is 10.4 Å². The molecule has 0 radical (unpaired) electrons. The van der Waals surface area contributed by atoms with Crippen LogP contribution < -0.4 is 15.4 Å². The number of nitrogens with zero attached hydrogens (tertiary/aromatic N) is 1. The number of hydrogen-bond acceptors (Lipinski definition) is 5. The van der Waals surface area contributed by atoms with Crippen LogP contribution in [0.4, 0.5) is 5.69 Å². The summed E-state index contributed by atoms with van der Waals surface area (Å²) in [6.07, 6.45) is 0. The minimum Gasteiger partial charge on any atom is -0.497 e. The third-order valence-corrected chi connectivity index (χ3v) is 4.76. The molecule has 4 rings (SSSR count). The molecule has 4 aromatic rings. The first-order valence-electron chi connectivity index (χ1n) is 8.95. The largest absolute Gasteiger partial charge is 0.497 e. The molecule has 0 saturated heterocycles. The summed E-state index contributed by atoms with van der Waals surface area (Å²) in [7, 11) is 1.57. The molecular formula is C22H16ClN3O3S. The number of hydrogen-bond donors (Lipinski definition) is 2. The normalized spacial score (nSPS) is 10.6. The van der Waals surface area contributed by atoms with E-state index in [4.69, 9.17) is 33.0 Å². The summed E-state index contributed by atoms with van der Waals surface area (Å²) in [4.78, 5) is 16.7. The van der Waals surface area contributed by atoms with Crippen LogP contribution in [0.15, 0.2) is 71.1 Å². The standard InChI is InChI=1S/C22H16ClN3O3S/c1-28-17-9-4-13(5-10-17)20(27)26-22(30)24-16-7-2-14(3-8-16)21-25-18-12-15(23)6-11-19(18)29-21/h2-12H,1H3,(H2,24,26,27,30). The molecule has 0 unspecified atom stereocenters. The van der Waals surface area contributed by atoms with Crippen LogP contribution in [0, 0.1) is 0 Å². The molecule has 150 valence electrons. The molecule has 3 aromatic carbocycles. The van der Waals surface area contributed by atoms with E-state index in [2.05, 4.69) is 15.6 Å². The van der Waals surface area contributed by atoms with Gasteiger partial charge in [0.1, 0.15) is 11.3 Å².